The molecule has 7 heteroatoms. The Bertz CT molecular complexity index is 424. The molecular weight excluding hydrogens is 258 g/mol. The first kappa shape index (κ1) is 12.9. The Morgan fingerprint density at radius 2 is 2.47 bits per heavy atom. The highest BCUT2D eigenvalue weighted by atomic mass is 32.2. The molecule has 1 unspecified atom stereocenters. The van der Waals surface area contributed by atoms with Gasteiger partial charge in [-0.1, -0.05) is 0 Å². The van der Waals surface area contributed by atoms with Crippen molar-refractivity contribution in [2.75, 3.05) is 18.8 Å². The van der Waals surface area contributed by atoms with E-state index in [1.807, 2.05) is 5.38 Å². The molecule has 0 bridgehead atoms. The van der Waals surface area contributed by atoms with Crippen LogP contribution >= 0.6 is 11.3 Å². The number of nitrogens with one attached hydrogen (secondary N) is 2. The van der Waals surface area contributed by atoms with E-state index < -0.39 is 10.0 Å². The van der Waals surface area contributed by atoms with Crippen molar-refractivity contribution in [3.8, 4) is 0 Å². The van der Waals surface area contributed by atoms with Crippen LogP contribution in [0.1, 0.15) is 18.5 Å². The standard InChI is InChI=1S/C10H17N3O2S2/c14-17(15,7-10-2-1-4-11-10)13-5-3-9-6-16-8-12-9/h6,8,10-11,13H,1-5,7H2. The van der Waals surface area contributed by atoms with E-state index in [1.54, 1.807) is 5.51 Å². The van der Waals surface area contributed by atoms with Gasteiger partial charge in [-0.25, -0.2) is 18.1 Å². The summed E-state index contributed by atoms with van der Waals surface area (Å²) in [6.07, 6.45) is 2.67. The van der Waals surface area contributed by atoms with E-state index >= 15 is 0 Å². The van der Waals surface area contributed by atoms with Gasteiger partial charge in [0.25, 0.3) is 0 Å². The van der Waals surface area contributed by atoms with Crippen LogP contribution in [0.4, 0.5) is 0 Å². The van der Waals surface area contributed by atoms with Gasteiger partial charge in [0.15, 0.2) is 0 Å². The van der Waals surface area contributed by atoms with Crippen molar-refractivity contribution in [3.63, 3.8) is 0 Å². The molecular formula is C10H17N3O2S2. The van der Waals surface area contributed by atoms with Crippen molar-refractivity contribution in [2.45, 2.75) is 25.3 Å². The van der Waals surface area contributed by atoms with Crippen LogP contribution in [0.25, 0.3) is 0 Å². The van der Waals surface area contributed by atoms with Crippen molar-refractivity contribution >= 4 is 21.4 Å². The molecule has 0 saturated carbocycles. The minimum atomic E-state index is -3.16. The van der Waals surface area contributed by atoms with Crippen LogP contribution in [0, 0.1) is 0 Å². The third-order valence-electron chi connectivity index (χ3n) is 2.77. The van der Waals surface area contributed by atoms with E-state index in [1.165, 1.54) is 11.3 Å². The summed E-state index contributed by atoms with van der Waals surface area (Å²) in [4.78, 5) is 4.11. The molecule has 1 aromatic heterocycles. The summed E-state index contributed by atoms with van der Waals surface area (Å²) in [6, 6.07) is 0.117. The zero-order valence-electron chi connectivity index (χ0n) is 9.55. The maximum absolute atomic E-state index is 11.7. The monoisotopic (exact) mass is 275 g/mol. The summed E-state index contributed by atoms with van der Waals surface area (Å²) < 4.78 is 26.1. The predicted molar refractivity (Wildman–Crippen MR) is 68.6 cm³/mol. The molecule has 2 rings (SSSR count). The molecule has 1 aliphatic heterocycles. The molecule has 2 N–H and O–H groups in total. The number of nitrogens with zero attached hydrogens (tertiary/aromatic N) is 1. The number of rotatable bonds is 6. The molecule has 0 aromatic carbocycles. The van der Waals surface area contributed by atoms with Gasteiger partial charge in [-0.15, -0.1) is 11.3 Å². The molecule has 0 amide bonds. The van der Waals surface area contributed by atoms with Gasteiger partial charge in [0, 0.05) is 24.4 Å². The lowest BCUT2D eigenvalue weighted by molar-refractivity contribution is 0.563. The quantitative estimate of drug-likeness (QED) is 0.786. The summed E-state index contributed by atoms with van der Waals surface area (Å²) >= 11 is 1.53. The number of hydrogen-bond acceptors (Lipinski definition) is 5. The van der Waals surface area contributed by atoms with Crippen molar-refractivity contribution in [1.82, 2.24) is 15.0 Å². The van der Waals surface area contributed by atoms with Crippen molar-refractivity contribution in [2.24, 2.45) is 0 Å². The fourth-order valence-corrected chi connectivity index (χ4v) is 3.86. The van der Waals surface area contributed by atoms with Gasteiger partial charge in [0.1, 0.15) is 0 Å². The van der Waals surface area contributed by atoms with Crippen LogP contribution in [0.5, 0.6) is 0 Å². The van der Waals surface area contributed by atoms with Crippen LogP contribution in [0.3, 0.4) is 0 Å². The Hall–Kier alpha value is -0.500. The van der Waals surface area contributed by atoms with Crippen LogP contribution < -0.4 is 10.0 Å². The van der Waals surface area contributed by atoms with Crippen LogP contribution in [-0.4, -0.2) is 38.3 Å². The summed E-state index contributed by atoms with van der Waals surface area (Å²) in [6.45, 7) is 1.36. The second-order valence-corrected chi connectivity index (χ2v) is 6.77. The van der Waals surface area contributed by atoms with E-state index in [4.69, 9.17) is 0 Å². The highest BCUT2D eigenvalue weighted by Gasteiger charge is 2.21. The molecule has 17 heavy (non-hydrogen) atoms. The lowest BCUT2D eigenvalue weighted by Gasteiger charge is -2.11. The van der Waals surface area contributed by atoms with Gasteiger partial charge < -0.3 is 5.32 Å². The number of hydrogen-bond donors (Lipinski definition) is 2. The Morgan fingerprint density at radius 1 is 1.59 bits per heavy atom. The number of aromatic nitrogens is 1. The maximum atomic E-state index is 11.7. The molecule has 2 heterocycles. The Balaban J connectivity index is 1.73. The Kier molecular flexibility index (Phi) is 4.49. The second kappa shape index (κ2) is 5.90. The number of thiazole rings is 1. The SMILES string of the molecule is O=S(=O)(CC1CCCN1)NCCc1cscn1. The normalized spacial score (nSPS) is 20.8. The van der Waals surface area contributed by atoms with Crippen LogP contribution in [-0.2, 0) is 16.4 Å². The minimum absolute atomic E-state index is 0.117. The van der Waals surface area contributed by atoms with E-state index in [-0.39, 0.29) is 11.8 Å². The molecule has 0 spiro atoms. The molecule has 1 atom stereocenters. The third kappa shape index (κ3) is 4.34. The molecule has 96 valence electrons. The van der Waals surface area contributed by atoms with Gasteiger partial charge in [-0.2, -0.15) is 0 Å². The number of sulfonamides is 1. The lowest BCUT2D eigenvalue weighted by atomic mass is 10.3. The first-order valence-corrected chi connectivity index (χ1v) is 8.33. The van der Waals surface area contributed by atoms with Gasteiger partial charge in [0.2, 0.25) is 10.0 Å². The first-order chi connectivity index (χ1) is 8.16. The molecule has 0 aliphatic carbocycles. The van der Waals surface area contributed by atoms with Crippen LogP contribution in [0.2, 0.25) is 0 Å². The average molecular weight is 275 g/mol. The fraction of sp³-hybridized carbons (Fsp3) is 0.700. The lowest BCUT2D eigenvalue weighted by Crippen LogP contribution is -2.37. The highest BCUT2D eigenvalue weighted by molar-refractivity contribution is 7.89. The van der Waals surface area contributed by atoms with Gasteiger partial charge in [-0.05, 0) is 19.4 Å². The molecule has 1 saturated heterocycles. The van der Waals surface area contributed by atoms with E-state index in [2.05, 4.69) is 15.0 Å². The summed E-state index contributed by atoms with van der Waals surface area (Å²) in [5.41, 5.74) is 2.70. The third-order valence-corrected chi connectivity index (χ3v) is 4.89. The molecule has 1 fully saturated rings. The van der Waals surface area contributed by atoms with Crippen LogP contribution in [0.15, 0.2) is 10.9 Å². The smallest absolute Gasteiger partial charge is 0.213 e. The zero-order chi connectivity index (χ0) is 12.1. The van der Waals surface area contributed by atoms with Crippen molar-refractivity contribution < 1.29 is 8.42 Å². The highest BCUT2D eigenvalue weighted by Crippen LogP contribution is 2.07. The van der Waals surface area contributed by atoms with Gasteiger partial charge >= 0.3 is 0 Å². The van der Waals surface area contributed by atoms with Gasteiger partial charge in [0.05, 0.1) is 17.0 Å². The Morgan fingerprint density at radius 3 is 3.12 bits per heavy atom. The van der Waals surface area contributed by atoms with Crippen molar-refractivity contribution in [1.29, 1.82) is 0 Å². The van der Waals surface area contributed by atoms with Crippen molar-refractivity contribution in [3.05, 3.63) is 16.6 Å². The summed E-state index contributed by atoms with van der Waals surface area (Å²) in [7, 11) is -3.16. The Labute approximate surface area is 106 Å². The first-order valence-electron chi connectivity index (χ1n) is 5.73. The van der Waals surface area contributed by atoms with E-state index in [0.717, 1.165) is 25.1 Å². The summed E-state index contributed by atoms with van der Waals surface area (Å²) in [5, 5.41) is 5.12. The molecule has 5 nitrogen and oxygen atoms in total. The van der Waals surface area contributed by atoms with E-state index in [9.17, 15) is 8.42 Å². The summed E-state index contributed by atoms with van der Waals surface area (Å²) in [5.74, 6) is 0.185. The van der Waals surface area contributed by atoms with E-state index in [0.29, 0.717) is 13.0 Å². The minimum Gasteiger partial charge on any atom is -0.313 e. The molecule has 1 aromatic rings. The zero-order valence-corrected chi connectivity index (χ0v) is 11.2. The molecule has 1 aliphatic rings. The average Bonchev–Trinajstić information content (AvgIpc) is 2.89. The topological polar surface area (TPSA) is 71.1 Å². The predicted octanol–water partition coefficient (Wildman–Crippen LogP) is 0.357. The fourth-order valence-electron chi connectivity index (χ4n) is 1.92. The second-order valence-electron chi connectivity index (χ2n) is 4.20. The molecule has 0 radical (unpaired) electrons. The van der Waals surface area contributed by atoms with Gasteiger partial charge in [-0.3, -0.25) is 0 Å². The maximum Gasteiger partial charge on any atom is 0.213 e. The largest absolute Gasteiger partial charge is 0.313 e.